The van der Waals surface area contributed by atoms with E-state index in [1.807, 2.05) is 0 Å². The van der Waals surface area contributed by atoms with Gasteiger partial charge in [-0.25, -0.2) is 0 Å². The summed E-state index contributed by atoms with van der Waals surface area (Å²) in [4.78, 5) is -2.31. The highest BCUT2D eigenvalue weighted by molar-refractivity contribution is 7.98. The molecule has 1 aliphatic rings. The smallest absolute Gasteiger partial charge is 0.362 e. The summed E-state index contributed by atoms with van der Waals surface area (Å²) in [6, 6.07) is 3.31. The van der Waals surface area contributed by atoms with Gasteiger partial charge in [-0.3, -0.25) is 9.11 Å². The first-order chi connectivity index (χ1) is 12.1. The molecule has 0 amide bonds. The summed E-state index contributed by atoms with van der Waals surface area (Å²) in [5, 5.41) is -0.687. The maximum Gasteiger partial charge on any atom is 0.464 e. The zero-order valence-corrected chi connectivity index (χ0v) is 15.6. The van der Waals surface area contributed by atoms with Gasteiger partial charge in [-0.2, -0.15) is 33.7 Å². The topological polar surface area (TPSA) is 205 Å². The summed E-state index contributed by atoms with van der Waals surface area (Å²) in [7, 11) is -20.5. The summed E-state index contributed by atoms with van der Waals surface area (Å²) in [6.07, 6.45) is 0. The van der Waals surface area contributed by atoms with E-state index < -0.39 is 67.7 Å². The highest BCUT2D eigenvalue weighted by Gasteiger charge is 2.42. The van der Waals surface area contributed by atoms with Crippen LogP contribution in [0.4, 0.5) is 0 Å². The molecule has 27 heavy (non-hydrogen) atoms. The van der Waals surface area contributed by atoms with Gasteiger partial charge in [0.1, 0.15) is 15.5 Å². The van der Waals surface area contributed by atoms with Gasteiger partial charge in [0.05, 0.1) is 0 Å². The van der Waals surface area contributed by atoms with E-state index in [9.17, 15) is 38.2 Å². The van der Waals surface area contributed by atoms with Crippen LogP contribution in [0.1, 0.15) is 0 Å². The number of benzene rings is 2. The third-order valence-corrected chi connectivity index (χ3v) is 7.00. The van der Waals surface area contributed by atoms with Crippen molar-refractivity contribution in [1.82, 2.24) is 0 Å². The van der Waals surface area contributed by atoms with Crippen LogP contribution in [0.3, 0.4) is 0 Å². The van der Waals surface area contributed by atoms with E-state index in [4.69, 9.17) is 4.55 Å². The molecular formula is C10H6O13S4. The average molecular weight is 462 g/mol. The van der Waals surface area contributed by atoms with Gasteiger partial charge in [-0.1, -0.05) is 6.07 Å². The molecule has 0 aromatic heterocycles. The molecule has 2 aromatic rings. The lowest BCUT2D eigenvalue weighted by Gasteiger charge is -2.20. The Balaban J connectivity index is 2.50. The van der Waals surface area contributed by atoms with Crippen LogP contribution in [0.15, 0.2) is 34.1 Å². The molecule has 1 aliphatic heterocycles. The van der Waals surface area contributed by atoms with Gasteiger partial charge in [0.25, 0.3) is 10.1 Å². The van der Waals surface area contributed by atoms with Crippen LogP contribution in [0.5, 0.6) is 11.5 Å². The molecule has 0 bridgehead atoms. The number of hydrogen-bond acceptors (Lipinski definition) is 11. The lowest BCUT2D eigenvalue weighted by molar-refractivity contribution is 0.364. The van der Waals surface area contributed by atoms with Crippen LogP contribution < -0.4 is 8.37 Å². The van der Waals surface area contributed by atoms with Crippen LogP contribution >= 0.6 is 0 Å². The van der Waals surface area contributed by atoms with Crippen molar-refractivity contribution in [3.05, 3.63) is 24.3 Å². The number of fused-ring (bicyclic) bond motifs is 3. The van der Waals surface area contributed by atoms with Crippen LogP contribution in [-0.4, -0.2) is 42.8 Å². The Kier molecular flexibility index (Phi) is 4.19. The zero-order valence-electron chi connectivity index (χ0n) is 12.3. The van der Waals surface area contributed by atoms with Crippen molar-refractivity contribution in [2.75, 3.05) is 0 Å². The molecule has 0 radical (unpaired) electrons. The molecule has 2 N–H and O–H groups in total. The van der Waals surface area contributed by atoms with Crippen molar-refractivity contribution in [2.24, 2.45) is 0 Å². The molecule has 0 unspecified atom stereocenters. The summed E-state index contributed by atoms with van der Waals surface area (Å²) < 4.78 is 122. The Morgan fingerprint density at radius 3 is 2.15 bits per heavy atom. The van der Waals surface area contributed by atoms with Gasteiger partial charge in [-0.05, 0) is 23.6 Å². The molecule has 0 atom stereocenters. The molecule has 0 saturated carbocycles. The molecule has 13 nitrogen and oxygen atoms in total. The van der Waals surface area contributed by atoms with Crippen molar-refractivity contribution in [3.8, 4) is 11.5 Å². The first-order valence-electron chi connectivity index (χ1n) is 6.25. The van der Waals surface area contributed by atoms with Gasteiger partial charge in [0.2, 0.25) is 0 Å². The first-order valence-corrected chi connectivity index (χ1v) is 11.8. The fourth-order valence-corrected chi connectivity index (χ4v) is 5.88. The van der Waals surface area contributed by atoms with E-state index in [1.54, 1.807) is 0 Å². The maximum atomic E-state index is 12.2. The Labute approximate surface area is 152 Å². The Morgan fingerprint density at radius 1 is 0.963 bits per heavy atom. The fraction of sp³-hybridized carbons (Fsp3) is 0. The first kappa shape index (κ1) is 19.7. The molecule has 148 valence electrons. The number of hydrogen-bond donors (Lipinski definition) is 2. The van der Waals surface area contributed by atoms with Gasteiger partial charge in [-0.15, -0.1) is 3.63 Å². The second-order valence-corrected chi connectivity index (χ2v) is 10.2. The van der Waals surface area contributed by atoms with Gasteiger partial charge in [0.15, 0.2) is 5.75 Å². The van der Waals surface area contributed by atoms with E-state index >= 15 is 0 Å². The molecule has 2 aromatic carbocycles. The van der Waals surface area contributed by atoms with Crippen LogP contribution in [0.25, 0.3) is 10.8 Å². The van der Waals surface area contributed by atoms with Crippen molar-refractivity contribution in [2.45, 2.75) is 9.79 Å². The predicted octanol–water partition coefficient (Wildman–Crippen LogP) is -0.389. The summed E-state index contributed by atoms with van der Waals surface area (Å²) in [5.74, 6) is -1.88. The maximum absolute atomic E-state index is 12.2. The van der Waals surface area contributed by atoms with Crippen LogP contribution in [0.2, 0.25) is 0 Å². The van der Waals surface area contributed by atoms with E-state index in [1.165, 1.54) is 0 Å². The van der Waals surface area contributed by atoms with Crippen LogP contribution in [-0.2, 0) is 44.7 Å². The largest absolute Gasteiger partial charge is 0.464 e. The molecule has 0 spiro atoms. The highest BCUT2D eigenvalue weighted by Crippen LogP contribution is 2.44. The Bertz CT molecular complexity index is 1400. The second-order valence-electron chi connectivity index (χ2n) is 4.92. The SMILES string of the molecule is O=S(=O)(O)Oc1ccc2cc(S(=O)(=O)O)c3c(c2c1)S(=O)(=O)OS(=O)(=O)O3. The Hall–Kier alpha value is -2.02. The van der Waals surface area contributed by atoms with Gasteiger partial charge < -0.3 is 8.37 Å². The fourth-order valence-electron chi connectivity index (χ4n) is 2.25. The van der Waals surface area contributed by atoms with Crippen molar-refractivity contribution < 1.29 is 54.8 Å². The zero-order chi connectivity index (χ0) is 20.4. The monoisotopic (exact) mass is 462 g/mol. The molecular weight excluding hydrogens is 456 g/mol. The molecule has 0 saturated heterocycles. The van der Waals surface area contributed by atoms with Gasteiger partial charge in [0, 0.05) is 5.39 Å². The summed E-state index contributed by atoms with van der Waals surface area (Å²) >= 11 is 0. The lowest BCUT2D eigenvalue weighted by Crippen LogP contribution is -2.26. The summed E-state index contributed by atoms with van der Waals surface area (Å²) in [6.45, 7) is 0. The van der Waals surface area contributed by atoms with Crippen molar-refractivity contribution >= 4 is 51.8 Å². The lowest BCUT2D eigenvalue weighted by atomic mass is 10.1. The van der Waals surface area contributed by atoms with E-state index in [2.05, 4.69) is 12.0 Å². The highest BCUT2D eigenvalue weighted by atomic mass is 32.3. The third kappa shape index (κ3) is 3.83. The third-order valence-electron chi connectivity index (χ3n) is 3.07. The quantitative estimate of drug-likeness (QED) is 0.558. The van der Waals surface area contributed by atoms with Crippen molar-refractivity contribution in [3.63, 3.8) is 0 Å². The van der Waals surface area contributed by atoms with Crippen LogP contribution in [0, 0.1) is 0 Å². The van der Waals surface area contributed by atoms with Gasteiger partial charge >= 0.3 is 30.9 Å². The normalized spacial score (nSPS) is 18.4. The average Bonchev–Trinajstić information content (AvgIpc) is 2.40. The molecule has 3 rings (SSSR count). The minimum Gasteiger partial charge on any atom is -0.362 e. The summed E-state index contributed by atoms with van der Waals surface area (Å²) in [5.41, 5.74) is 0. The Morgan fingerprint density at radius 2 is 1.59 bits per heavy atom. The molecule has 0 aliphatic carbocycles. The van der Waals surface area contributed by atoms with E-state index in [0.717, 1.165) is 18.2 Å². The second kappa shape index (κ2) is 5.74. The predicted molar refractivity (Wildman–Crippen MR) is 83.8 cm³/mol. The number of rotatable bonds is 3. The van der Waals surface area contributed by atoms with E-state index in [0.29, 0.717) is 6.07 Å². The molecule has 0 fully saturated rings. The molecule has 1 heterocycles. The molecule has 17 heteroatoms. The minimum absolute atomic E-state index is 0.209. The minimum atomic E-state index is -5.22. The van der Waals surface area contributed by atoms with E-state index in [-0.39, 0.29) is 5.39 Å². The standard InChI is InChI=1S/C10H6O13S4/c11-24(12,13)8-3-5-1-2-6(21-26(16,17)18)4-7(5)10-9(8)22-27(19,20)23-25(10,14)15/h1-4H,(H,11,12,13)(H,16,17,18). The van der Waals surface area contributed by atoms with Crippen molar-refractivity contribution in [1.29, 1.82) is 0 Å².